The third-order valence-electron chi connectivity index (χ3n) is 5.63. The van der Waals surface area contributed by atoms with Gasteiger partial charge in [0.05, 0.1) is 18.9 Å². The second-order valence-electron chi connectivity index (χ2n) is 7.36. The van der Waals surface area contributed by atoms with Crippen molar-refractivity contribution in [1.29, 1.82) is 0 Å². The molecule has 144 valence electrons. The zero-order valence-electron chi connectivity index (χ0n) is 15.6. The van der Waals surface area contributed by atoms with E-state index in [0.29, 0.717) is 0 Å². The van der Waals surface area contributed by atoms with Crippen molar-refractivity contribution in [3.8, 4) is 0 Å². The van der Waals surface area contributed by atoms with Crippen LogP contribution in [0.25, 0.3) is 0 Å². The quantitative estimate of drug-likeness (QED) is 0.799. The topological polar surface area (TPSA) is 57.6 Å². The summed E-state index contributed by atoms with van der Waals surface area (Å²) in [5.41, 5.74) is 1.35. The highest BCUT2D eigenvalue weighted by atomic mass is 32.1. The van der Waals surface area contributed by atoms with Crippen molar-refractivity contribution in [2.45, 2.75) is 25.7 Å². The Balaban J connectivity index is 1.24. The van der Waals surface area contributed by atoms with E-state index in [1.165, 1.54) is 35.0 Å². The average molecular weight is 387 g/mol. The Hall–Kier alpha value is -1.93. The summed E-state index contributed by atoms with van der Waals surface area (Å²) in [6, 6.07) is 2.01. The molecule has 4 heterocycles. The number of aromatic nitrogens is 3. The smallest absolute Gasteiger partial charge is 0.227 e. The molecular formula is C19H26N6OS. The first-order valence-corrected chi connectivity index (χ1v) is 10.8. The minimum atomic E-state index is 0.774. The normalized spacial score (nSPS) is 20.7. The molecule has 2 saturated heterocycles. The number of fused-ring (bicyclic) bond motifs is 1. The molecule has 27 heavy (non-hydrogen) atoms. The molecule has 8 heteroatoms. The van der Waals surface area contributed by atoms with Crippen molar-refractivity contribution in [2.24, 2.45) is 0 Å². The molecule has 0 amide bonds. The number of thiazole rings is 1. The van der Waals surface area contributed by atoms with E-state index in [9.17, 15) is 0 Å². The van der Waals surface area contributed by atoms with Crippen molar-refractivity contribution in [1.82, 2.24) is 15.0 Å². The van der Waals surface area contributed by atoms with Gasteiger partial charge in [-0.1, -0.05) is 0 Å². The average Bonchev–Trinajstić information content (AvgIpc) is 3.19. The minimum Gasteiger partial charge on any atom is -0.378 e. The summed E-state index contributed by atoms with van der Waals surface area (Å²) in [6.45, 7) is 7.20. The minimum absolute atomic E-state index is 0.774. The van der Waals surface area contributed by atoms with E-state index >= 15 is 0 Å². The van der Waals surface area contributed by atoms with Gasteiger partial charge in [-0.25, -0.2) is 9.97 Å². The summed E-state index contributed by atoms with van der Waals surface area (Å²) in [6.07, 6.45) is 6.87. The zero-order valence-corrected chi connectivity index (χ0v) is 16.5. The maximum atomic E-state index is 5.45. The van der Waals surface area contributed by atoms with Gasteiger partial charge in [0.15, 0.2) is 5.13 Å². The number of anilines is 3. The van der Waals surface area contributed by atoms with E-state index in [1.54, 1.807) is 0 Å². The number of piperazine rings is 1. The van der Waals surface area contributed by atoms with Crippen LogP contribution in [-0.4, -0.2) is 67.4 Å². The molecule has 5 rings (SSSR count). The van der Waals surface area contributed by atoms with Crippen LogP contribution in [0.3, 0.4) is 0 Å². The molecule has 2 aliphatic heterocycles. The van der Waals surface area contributed by atoms with Gasteiger partial charge in [-0.2, -0.15) is 4.98 Å². The van der Waals surface area contributed by atoms with Gasteiger partial charge in [0.25, 0.3) is 0 Å². The number of hydrogen-bond acceptors (Lipinski definition) is 8. The molecule has 7 nitrogen and oxygen atoms in total. The third-order valence-corrected chi connectivity index (χ3v) is 6.85. The molecule has 0 N–H and O–H groups in total. The Morgan fingerprint density at radius 2 is 1.63 bits per heavy atom. The Kier molecular flexibility index (Phi) is 4.83. The van der Waals surface area contributed by atoms with Gasteiger partial charge in [0.1, 0.15) is 5.82 Å². The second kappa shape index (κ2) is 7.59. The fourth-order valence-electron chi connectivity index (χ4n) is 4.03. The van der Waals surface area contributed by atoms with Gasteiger partial charge in [0.2, 0.25) is 5.95 Å². The number of nitrogens with zero attached hydrogens (tertiary/aromatic N) is 6. The molecule has 0 atom stereocenters. The van der Waals surface area contributed by atoms with E-state index in [0.717, 1.165) is 70.7 Å². The molecule has 2 aromatic rings. The lowest BCUT2D eigenvalue weighted by Crippen LogP contribution is -2.47. The van der Waals surface area contributed by atoms with E-state index in [-0.39, 0.29) is 0 Å². The van der Waals surface area contributed by atoms with Gasteiger partial charge in [0, 0.05) is 50.3 Å². The third kappa shape index (κ3) is 3.60. The van der Waals surface area contributed by atoms with Crippen molar-refractivity contribution < 1.29 is 4.74 Å². The van der Waals surface area contributed by atoms with Crippen molar-refractivity contribution in [3.63, 3.8) is 0 Å². The monoisotopic (exact) mass is 386 g/mol. The molecule has 0 saturated carbocycles. The van der Waals surface area contributed by atoms with Crippen LogP contribution in [0.5, 0.6) is 0 Å². The summed E-state index contributed by atoms with van der Waals surface area (Å²) >= 11 is 1.91. The molecule has 0 unspecified atom stereocenters. The molecule has 1 aliphatic carbocycles. The molecule has 0 aromatic carbocycles. The van der Waals surface area contributed by atoms with Crippen molar-refractivity contribution in [3.05, 3.63) is 22.8 Å². The molecule has 0 spiro atoms. The maximum Gasteiger partial charge on any atom is 0.227 e. The van der Waals surface area contributed by atoms with Gasteiger partial charge in [-0.15, -0.1) is 11.3 Å². The Morgan fingerprint density at radius 1 is 0.852 bits per heavy atom. The van der Waals surface area contributed by atoms with Crippen LogP contribution in [0.2, 0.25) is 0 Å². The predicted octanol–water partition coefficient (Wildman–Crippen LogP) is 1.98. The summed E-state index contributed by atoms with van der Waals surface area (Å²) in [5.74, 6) is 1.86. The lowest BCUT2D eigenvalue weighted by molar-refractivity contribution is 0.122. The van der Waals surface area contributed by atoms with Crippen LogP contribution in [0, 0.1) is 0 Å². The first-order valence-electron chi connectivity index (χ1n) is 10.0. The van der Waals surface area contributed by atoms with Gasteiger partial charge < -0.3 is 19.4 Å². The van der Waals surface area contributed by atoms with Crippen molar-refractivity contribution in [2.75, 3.05) is 67.2 Å². The summed E-state index contributed by atoms with van der Waals surface area (Å²) in [4.78, 5) is 22.8. The zero-order chi connectivity index (χ0) is 18.1. The molecule has 0 bridgehead atoms. The lowest BCUT2D eigenvalue weighted by Gasteiger charge is -2.35. The summed E-state index contributed by atoms with van der Waals surface area (Å²) in [5, 5.41) is 1.21. The van der Waals surface area contributed by atoms with Gasteiger partial charge >= 0.3 is 0 Å². The molecule has 3 aliphatic rings. The first kappa shape index (κ1) is 17.2. The largest absolute Gasteiger partial charge is 0.378 e. The number of hydrogen-bond donors (Lipinski definition) is 0. The Labute approximate surface area is 164 Å². The van der Waals surface area contributed by atoms with E-state index in [4.69, 9.17) is 14.7 Å². The second-order valence-corrected chi connectivity index (χ2v) is 8.42. The van der Waals surface area contributed by atoms with Crippen LogP contribution in [0.4, 0.5) is 16.9 Å². The molecular weight excluding hydrogens is 360 g/mol. The number of morpholine rings is 1. The van der Waals surface area contributed by atoms with E-state index in [1.807, 2.05) is 23.6 Å². The van der Waals surface area contributed by atoms with E-state index < -0.39 is 0 Å². The number of aryl methyl sites for hydroxylation is 2. The first-order chi connectivity index (χ1) is 13.4. The SMILES string of the molecule is c1cc(N2CCOCC2)nc(N2CCN(c3nc4c(s3)CCCC4)CC2)n1. The predicted molar refractivity (Wildman–Crippen MR) is 108 cm³/mol. The maximum absolute atomic E-state index is 5.45. The number of rotatable bonds is 3. The van der Waals surface area contributed by atoms with Crippen LogP contribution in [0.15, 0.2) is 12.3 Å². The van der Waals surface area contributed by atoms with Crippen LogP contribution in [0.1, 0.15) is 23.4 Å². The molecule has 2 aromatic heterocycles. The highest BCUT2D eigenvalue weighted by Crippen LogP contribution is 2.32. The number of ether oxygens (including phenoxy) is 1. The Bertz CT molecular complexity index is 759. The lowest BCUT2D eigenvalue weighted by atomic mass is 10.0. The van der Waals surface area contributed by atoms with Gasteiger partial charge in [-0.3, -0.25) is 0 Å². The van der Waals surface area contributed by atoms with Gasteiger partial charge in [-0.05, 0) is 31.7 Å². The Morgan fingerprint density at radius 3 is 2.44 bits per heavy atom. The van der Waals surface area contributed by atoms with E-state index in [2.05, 4.69) is 19.7 Å². The fraction of sp³-hybridized carbons (Fsp3) is 0.632. The standard InChI is InChI=1S/C19H26N6OS/c1-2-4-16-15(3-1)21-19(27-16)25-9-7-24(8-10-25)18-20-6-5-17(22-18)23-11-13-26-14-12-23/h5-6H,1-4,7-14H2. The van der Waals surface area contributed by atoms with Crippen LogP contribution in [-0.2, 0) is 17.6 Å². The highest BCUT2D eigenvalue weighted by molar-refractivity contribution is 7.15. The van der Waals surface area contributed by atoms with Crippen LogP contribution >= 0.6 is 11.3 Å². The van der Waals surface area contributed by atoms with Crippen LogP contribution < -0.4 is 14.7 Å². The molecule has 0 radical (unpaired) electrons. The highest BCUT2D eigenvalue weighted by Gasteiger charge is 2.24. The van der Waals surface area contributed by atoms with Crippen molar-refractivity contribution >= 4 is 28.2 Å². The summed E-state index contributed by atoms with van der Waals surface area (Å²) < 4.78 is 5.45. The summed E-state index contributed by atoms with van der Waals surface area (Å²) in [7, 11) is 0. The molecule has 2 fully saturated rings. The fourth-order valence-corrected chi connectivity index (χ4v) is 5.23.